The maximum atomic E-state index is 12.8. The first-order chi connectivity index (χ1) is 11.2. The Balaban J connectivity index is 1.84. The van der Waals surface area contributed by atoms with Crippen molar-refractivity contribution >= 4 is 11.9 Å². The minimum Gasteiger partial charge on any atom is -0.338 e. The van der Waals surface area contributed by atoms with Crippen LogP contribution in [0, 0.1) is 6.92 Å². The quantitative estimate of drug-likeness (QED) is 0.859. The molecular weight excluding hydrogens is 288 g/mol. The summed E-state index contributed by atoms with van der Waals surface area (Å²) in [4.78, 5) is 26.3. The molecule has 0 aromatic carbocycles. The van der Waals surface area contributed by atoms with Crippen LogP contribution < -0.4 is 4.90 Å². The van der Waals surface area contributed by atoms with Crippen LogP contribution in [0.2, 0.25) is 0 Å². The third-order valence-corrected chi connectivity index (χ3v) is 5.06. The maximum absolute atomic E-state index is 12.8. The molecule has 0 bridgehead atoms. The molecule has 1 amide bonds. The lowest BCUT2D eigenvalue weighted by molar-refractivity contribution is 0.0718. The van der Waals surface area contributed by atoms with Crippen LogP contribution in [0.1, 0.15) is 68.1 Å². The Hall–Kier alpha value is -1.65. The Morgan fingerprint density at radius 1 is 1.13 bits per heavy atom. The number of amides is 1. The fourth-order valence-corrected chi connectivity index (χ4v) is 3.74. The summed E-state index contributed by atoms with van der Waals surface area (Å²) in [5.74, 6) is 0.818. The SMILES string of the molecule is CCC1CCCCN1c1nc(C)cc(C(=O)N2CCCCC2)n1. The normalized spacial score (nSPS) is 22.3. The molecule has 5 nitrogen and oxygen atoms in total. The summed E-state index contributed by atoms with van der Waals surface area (Å²) in [5, 5.41) is 0. The second-order valence-corrected chi connectivity index (χ2v) is 6.80. The highest BCUT2D eigenvalue weighted by Crippen LogP contribution is 2.24. The first-order valence-electron chi connectivity index (χ1n) is 9.10. The van der Waals surface area contributed by atoms with E-state index in [1.807, 2.05) is 17.9 Å². The Morgan fingerprint density at radius 2 is 1.87 bits per heavy atom. The van der Waals surface area contributed by atoms with Crippen LogP contribution in [0.3, 0.4) is 0 Å². The van der Waals surface area contributed by atoms with Crippen LogP contribution in [0.4, 0.5) is 5.95 Å². The number of aromatic nitrogens is 2. The van der Waals surface area contributed by atoms with E-state index >= 15 is 0 Å². The van der Waals surface area contributed by atoms with Gasteiger partial charge in [0.25, 0.3) is 5.91 Å². The predicted molar refractivity (Wildman–Crippen MR) is 91.8 cm³/mol. The zero-order valence-electron chi connectivity index (χ0n) is 14.4. The van der Waals surface area contributed by atoms with Crippen molar-refractivity contribution in [3.05, 3.63) is 17.5 Å². The van der Waals surface area contributed by atoms with Gasteiger partial charge in [-0.15, -0.1) is 0 Å². The van der Waals surface area contributed by atoms with Crippen molar-refractivity contribution in [2.24, 2.45) is 0 Å². The summed E-state index contributed by atoms with van der Waals surface area (Å²) in [7, 11) is 0. The van der Waals surface area contributed by atoms with E-state index in [9.17, 15) is 4.79 Å². The third-order valence-electron chi connectivity index (χ3n) is 5.06. The number of piperidine rings is 2. The monoisotopic (exact) mass is 316 g/mol. The second kappa shape index (κ2) is 7.28. The van der Waals surface area contributed by atoms with E-state index in [4.69, 9.17) is 0 Å². The lowest BCUT2D eigenvalue weighted by atomic mass is 10.0. The molecule has 23 heavy (non-hydrogen) atoms. The van der Waals surface area contributed by atoms with Gasteiger partial charge in [0, 0.05) is 31.4 Å². The molecule has 5 heteroatoms. The predicted octanol–water partition coefficient (Wildman–Crippen LogP) is 3.18. The van der Waals surface area contributed by atoms with Crippen LogP contribution in [-0.2, 0) is 0 Å². The summed E-state index contributed by atoms with van der Waals surface area (Å²) in [6.07, 6.45) is 8.20. The van der Waals surface area contributed by atoms with Gasteiger partial charge in [-0.2, -0.15) is 0 Å². The van der Waals surface area contributed by atoms with Gasteiger partial charge in [0.2, 0.25) is 5.95 Å². The molecule has 1 aromatic heterocycles. The molecule has 0 radical (unpaired) electrons. The Kier molecular flexibility index (Phi) is 5.13. The van der Waals surface area contributed by atoms with Gasteiger partial charge in [-0.1, -0.05) is 6.92 Å². The van der Waals surface area contributed by atoms with Crippen LogP contribution in [0.25, 0.3) is 0 Å². The van der Waals surface area contributed by atoms with Gasteiger partial charge in [-0.3, -0.25) is 4.79 Å². The molecule has 0 N–H and O–H groups in total. The van der Waals surface area contributed by atoms with Gasteiger partial charge in [-0.05, 0) is 57.9 Å². The van der Waals surface area contributed by atoms with Crippen LogP contribution in [0.5, 0.6) is 0 Å². The number of likely N-dealkylation sites (tertiary alicyclic amines) is 1. The van der Waals surface area contributed by atoms with Crippen molar-refractivity contribution in [3.63, 3.8) is 0 Å². The number of rotatable bonds is 3. The molecule has 1 atom stereocenters. The Morgan fingerprint density at radius 3 is 2.61 bits per heavy atom. The Bertz CT molecular complexity index is 554. The Labute approximate surface area is 139 Å². The number of anilines is 1. The molecule has 0 spiro atoms. The van der Waals surface area contributed by atoms with Crippen LogP contribution in [-0.4, -0.2) is 46.5 Å². The molecule has 1 unspecified atom stereocenters. The van der Waals surface area contributed by atoms with Gasteiger partial charge >= 0.3 is 0 Å². The minimum absolute atomic E-state index is 0.0708. The molecule has 1 aromatic rings. The highest BCUT2D eigenvalue weighted by atomic mass is 16.2. The van der Waals surface area contributed by atoms with E-state index in [-0.39, 0.29) is 5.91 Å². The van der Waals surface area contributed by atoms with Crippen molar-refractivity contribution in [2.45, 2.75) is 64.8 Å². The van der Waals surface area contributed by atoms with Gasteiger partial charge in [-0.25, -0.2) is 9.97 Å². The van der Waals surface area contributed by atoms with E-state index in [1.165, 1.54) is 25.7 Å². The largest absolute Gasteiger partial charge is 0.338 e. The average molecular weight is 316 g/mol. The van der Waals surface area contributed by atoms with E-state index in [1.54, 1.807) is 0 Å². The molecule has 2 fully saturated rings. The number of carbonyl (C=O) groups is 1. The molecule has 2 aliphatic rings. The van der Waals surface area contributed by atoms with E-state index in [0.29, 0.717) is 11.7 Å². The van der Waals surface area contributed by atoms with Gasteiger partial charge < -0.3 is 9.80 Å². The lowest BCUT2D eigenvalue weighted by Crippen LogP contribution is -2.41. The first-order valence-corrected chi connectivity index (χ1v) is 9.10. The lowest BCUT2D eigenvalue weighted by Gasteiger charge is -2.35. The van der Waals surface area contributed by atoms with E-state index in [2.05, 4.69) is 21.8 Å². The molecule has 3 heterocycles. The van der Waals surface area contributed by atoms with Gasteiger partial charge in [0.15, 0.2) is 0 Å². The zero-order chi connectivity index (χ0) is 16.2. The topological polar surface area (TPSA) is 49.3 Å². The van der Waals surface area contributed by atoms with Crippen molar-refractivity contribution < 1.29 is 4.79 Å². The summed E-state index contributed by atoms with van der Waals surface area (Å²) >= 11 is 0. The number of hydrogen-bond acceptors (Lipinski definition) is 4. The van der Waals surface area contributed by atoms with Crippen LogP contribution >= 0.6 is 0 Å². The number of carbonyl (C=O) groups excluding carboxylic acids is 1. The van der Waals surface area contributed by atoms with Crippen LogP contribution in [0.15, 0.2) is 6.07 Å². The van der Waals surface area contributed by atoms with Gasteiger partial charge in [0.1, 0.15) is 5.69 Å². The smallest absolute Gasteiger partial charge is 0.272 e. The first kappa shape index (κ1) is 16.2. The number of aryl methyl sites for hydroxylation is 1. The summed E-state index contributed by atoms with van der Waals surface area (Å²) in [6.45, 7) is 6.90. The second-order valence-electron chi connectivity index (χ2n) is 6.80. The van der Waals surface area contributed by atoms with Crippen molar-refractivity contribution in [1.29, 1.82) is 0 Å². The molecule has 0 saturated carbocycles. The van der Waals surface area contributed by atoms with Crippen molar-refractivity contribution in [3.8, 4) is 0 Å². The average Bonchev–Trinajstić information content (AvgIpc) is 2.61. The van der Waals surface area contributed by atoms with E-state index in [0.717, 1.165) is 50.5 Å². The summed E-state index contributed by atoms with van der Waals surface area (Å²) in [5.41, 5.74) is 1.45. The number of nitrogens with zero attached hydrogens (tertiary/aromatic N) is 4. The molecule has 2 saturated heterocycles. The summed E-state index contributed by atoms with van der Waals surface area (Å²) in [6, 6.07) is 2.34. The van der Waals surface area contributed by atoms with E-state index < -0.39 is 0 Å². The minimum atomic E-state index is 0.0708. The molecule has 0 aliphatic carbocycles. The highest BCUT2D eigenvalue weighted by Gasteiger charge is 2.26. The molecular formula is C18H28N4O. The summed E-state index contributed by atoms with van der Waals surface area (Å²) < 4.78 is 0. The zero-order valence-corrected chi connectivity index (χ0v) is 14.4. The standard InChI is InChI=1S/C18H28N4O/c1-3-15-9-5-8-12-22(15)18-19-14(2)13-16(20-18)17(23)21-10-6-4-7-11-21/h13,15H,3-12H2,1-2H3. The molecule has 126 valence electrons. The van der Waals surface area contributed by atoms with Crippen molar-refractivity contribution in [1.82, 2.24) is 14.9 Å². The number of hydrogen-bond donors (Lipinski definition) is 0. The van der Waals surface area contributed by atoms with Gasteiger partial charge in [0.05, 0.1) is 0 Å². The van der Waals surface area contributed by atoms with Crippen molar-refractivity contribution in [2.75, 3.05) is 24.5 Å². The third kappa shape index (κ3) is 3.65. The fourth-order valence-electron chi connectivity index (χ4n) is 3.74. The fraction of sp³-hybridized carbons (Fsp3) is 0.722. The maximum Gasteiger partial charge on any atom is 0.272 e. The molecule has 3 rings (SSSR count). The molecule has 2 aliphatic heterocycles. The highest BCUT2D eigenvalue weighted by molar-refractivity contribution is 5.92.